The fraction of sp³-hybridized carbons (Fsp3) is 0.353. The standard InChI is InChI=1S/C17H18N2O5/c1-10(20)19-6-4-11(5-7-19)16(21)18-13-2-3-14-12(8-13)9-15(24-14)17(22)23/h2-3,8-9,11H,4-7H2,1H3,(H,18,21)(H,22,23). The molecule has 1 aliphatic heterocycles. The third-order valence-corrected chi connectivity index (χ3v) is 4.31. The van der Waals surface area contributed by atoms with Gasteiger partial charge < -0.3 is 19.7 Å². The molecule has 2 N–H and O–H groups in total. The van der Waals surface area contributed by atoms with Gasteiger partial charge >= 0.3 is 5.97 Å². The normalized spacial score (nSPS) is 15.5. The van der Waals surface area contributed by atoms with Gasteiger partial charge in [-0.2, -0.15) is 0 Å². The zero-order chi connectivity index (χ0) is 17.3. The first kappa shape index (κ1) is 16.0. The summed E-state index contributed by atoms with van der Waals surface area (Å²) in [4.78, 5) is 36.3. The van der Waals surface area contributed by atoms with E-state index < -0.39 is 5.97 Å². The van der Waals surface area contributed by atoms with Crippen molar-refractivity contribution in [3.63, 3.8) is 0 Å². The molecule has 3 rings (SSSR count). The van der Waals surface area contributed by atoms with Crippen molar-refractivity contribution in [1.29, 1.82) is 0 Å². The maximum atomic E-state index is 12.4. The number of nitrogens with one attached hydrogen (secondary N) is 1. The lowest BCUT2D eigenvalue weighted by Crippen LogP contribution is -2.40. The predicted molar refractivity (Wildman–Crippen MR) is 86.8 cm³/mol. The number of carboxylic acids is 1. The SMILES string of the molecule is CC(=O)N1CCC(C(=O)Nc2ccc3oc(C(=O)O)cc3c2)CC1. The molecule has 0 atom stereocenters. The lowest BCUT2D eigenvalue weighted by molar-refractivity contribution is -0.132. The van der Waals surface area contributed by atoms with Crippen molar-refractivity contribution in [2.45, 2.75) is 19.8 Å². The van der Waals surface area contributed by atoms with E-state index in [1.807, 2.05) is 0 Å². The number of hydrogen-bond acceptors (Lipinski definition) is 4. The molecule has 0 spiro atoms. The number of likely N-dealkylation sites (tertiary alicyclic amines) is 1. The average molecular weight is 330 g/mol. The molecule has 1 aromatic heterocycles. The molecule has 1 aliphatic rings. The van der Waals surface area contributed by atoms with Crippen LogP contribution in [-0.2, 0) is 9.59 Å². The Morgan fingerprint density at radius 1 is 1.21 bits per heavy atom. The predicted octanol–water partition coefficient (Wildman–Crippen LogP) is 2.33. The highest BCUT2D eigenvalue weighted by Crippen LogP contribution is 2.25. The van der Waals surface area contributed by atoms with Gasteiger partial charge in [0.1, 0.15) is 5.58 Å². The topological polar surface area (TPSA) is 99.9 Å². The summed E-state index contributed by atoms with van der Waals surface area (Å²) in [6.07, 6.45) is 1.28. The first-order valence-corrected chi connectivity index (χ1v) is 7.77. The van der Waals surface area contributed by atoms with Crippen LogP contribution in [0.5, 0.6) is 0 Å². The van der Waals surface area contributed by atoms with Gasteiger partial charge in [0.15, 0.2) is 0 Å². The van der Waals surface area contributed by atoms with Gasteiger partial charge in [-0.05, 0) is 37.1 Å². The molecule has 2 aromatic rings. The second-order valence-corrected chi connectivity index (χ2v) is 5.94. The van der Waals surface area contributed by atoms with Gasteiger partial charge in [0, 0.05) is 37.0 Å². The largest absolute Gasteiger partial charge is 0.475 e. The van der Waals surface area contributed by atoms with Crippen LogP contribution in [0.25, 0.3) is 11.0 Å². The maximum absolute atomic E-state index is 12.4. The number of benzene rings is 1. The number of nitrogens with zero attached hydrogens (tertiary/aromatic N) is 1. The van der Waals surface area contributed by atoms with E-state index >= 15 is 0 Å². The molecule has 0 bridgehead atoms. The Labute approximate surface area is 138 Å². The van der Waals surface area contributed by atoms with Crippen molar-refractivity contribution in [3.8, 4) is 0 Å². The van der Waals surface area contributed by atoms with Crippen molar-refractivity contribution < 1.29 is 23.9 Å². The van der Waals surface area contributed by atoms with Crippen molar-refractivity contribution in [2.24, 2.45) is 5.92 Å². The Hall–Kier alpha value is -2.83. The van der Waals surface area contributed by atoms with Gasteiger partial charge in [-0.1, -0.05) is 0 Å². The Balaban J connectivity index is 1.67. The molecule has 0 saturated carbocycles. The van der Waals surface area contributed by atoms with Gasteiger partial charge in [0.05, 0.1) is 0 Å². The van der Waals surface area contributed by atoms with Crippen molar-refractivity contribution in [3.05, 3.63) is 30.0 Å². The van der Waals surface area contributed by atoms with E-state index in [0.29, 0.717) is 42.6 Å². The molecule has 126 valence electrons. The summed E-state index contributed by atoms with van der Waals surface area (Å²) in [6, 6.07) is 6.43. The molecule has 1 saturated heterocycles. The summed E-state index contributed by atoms with van der Waals surface area (Å²) in [6.45, 7) is 2.72. The number of piperidine rings is 1. The van der Waals surface area contributed by atoms with Crippen LogP contribution in [0.2, 0.25) is 0 Å². The minimum Gasteiger partial charge on any atom is -0.475 e. The van der Waals surface area contributed by atoms with Crippen LogP contribution >= 0.6 is 0 Å². The second-order valence-electron chi connectivity index (χ2n) is 5.94. The number of anilines is 1. The number of hydrogen-bond donors (Lipinski definition) is 2. The molecular formula is C17H18N2O5. The first-order chi connectivity index (χ1) is 11.4. The summed E-state index contributed by atoms with van der Waals surface area (Å²) < 4.78 is 5.19. The number of amides is 2. The highest BCUT2D eigenvalue weighted by Gasteiger charge is 2.26. The van der Waals surface area contributed by atoms with E-state index in [1.54, 1.807) is 23.1 Å². The molecule has 7 nitrogen and oxygen atoms in total. The van der Waals surface area contributed by atoms with E-state index in [2.05, 4.69) is 5.32 Å². The second kappa shape index (κ2) is 6.35. The van der Waals surface area contributed by atoms with Crippen LogP contribution in [0.3, 0.4) is 0 Å². The summed E-state index contributed by atoms with van der Waals surface area (Å²) >= 11 is 0. The van der Waals surface area contributed by atoms with E-state index in [1.165, 1.54) is 13.0 Å². The summed E-state index contributed by atoms with van der Waals surface area (Å²) in [5.74, 6) is -1.44. The van der Waals surface area contributed by atoms with Crippen LogP contribution in [-0.4, -0.2) is 40.9 Å². The molecule has 24 heavy (non-hydrogen) atoms. The lowest BCUT2D eigenvalue weighted by atomic mass is 9.96. The quantitative estimate of drug-likeness (QED) is 0.899. The average Bonchev–Trinajstić information content (AvgIpc) is 2.98. The Bertz CT molecular complexity index is 802. The summed E-state index contributed by atoms with van der Waals surface area (Å²) in [5.41, 5.74) is 1.06. The number of furan rings is 1. The molecule has 0 unspecified atom stereocenters. The maximum Gasteiger partial charge on any atom is 0.371 e. The molecule has 2 heterocycles. The minimum atomic E-state index is -1.13. The molecular weight excluding hydrogens is 312 g/mol. The number of carbonyl (C=O) groups is 3. The molecule has 0 radical (unpaired) electrons. The Morgan fingerprint density at radius 2 is 1.92 bits per heavy atom. The summed E-state index contributed by atoms with van der Waals surface area (Å²) in [5, 5.41) is 12.4. The van der Waals surface area contributed by atoms with Crippen molar-refractivity contribution in [1.82, 2.24) is 4.90 Å². The monoisotopic (exact) mass is 330 g/mol. The smallest absolute Gasteiger partial charge is 0.371 e. The highest BCUT2D eigenvalue weighted by molar-refractivity contribution is 5.96. The first-order valence-electron chi connectivity index (χ1n) is 7.77. The number of rotatable bonds is 3. The molecule has 1 aromatic carbocycles. The number of aromatic carboxylic acids is 1. The van der Waals surface area contributed by atoms with Crippen LogP contribution in [0, 0.1) is 5.92 Å². The third kappa shape index (κ3) is 3.24. The molecule has 1 fully saturated rings. The number of carboxylic acid groups (broad SMARTS) is 1. The van der Waals surface area contributed by atoms with Gasteiger partial charge in [-0.3, -0.25) is 9.59 Å². The van der Waals surface area contributed by atoms with Crippen LogP contribution in [0.4, 0.5) is 5.69 Å². The van der Waals surface area contributed by atoms with Gasteiger partial charge in [0.25, 0.3) is 0 Å². The van der Waals surface area contributed by atoms with Crippen LogP contribution in [0.15, 0.2) is 28.7 Å². The van der Waals surface area contributed by atoms with E-state index in [9.17, 15) is 14.4 Å². The van der Waals surface area contributed by atoms with E-state index in [0.717, 1.165) is 0 Å². The fourth-order valence-electron chi connectivity index (χ4n) is 2.93. The van der Waals surface area contributed by atoms with Gasteiger partial charge in [-0.25, -0.2) is 4.79 Å². The number of carbonyl (C=O) groups excluding carboxylic acids is 2. The van der Waals surface area contributed by atoms with Crippen LogP contribution in [0.1, 0.15) is 30.3 Å². The van der Waals surface area contributed by atoms with Crippen LogP contribution < -0.4 is 5.32 Å². The minimum absolute atomic E-state index is 0.0357. The van der Waals surface area contributed by atoms with Gasteiger partial charge in [0.2, 0.25) is 17.6 Å². The number of fused-ring (bicyclic) bond motifs is 1. The molecule has 2 amide bonds. The molecule has 0 aliphatic carbocycles. The Kier molecular flexibility index (Phi) is 4.24. The fourth-order valence-corrected chi connectivity index (χ4v) is 2.93. The van der Waals surface area contributed by atoms with E-state index in [-0.39, 0.29) is 23.5 Å². The van der Waals surface area contributed by atoms with E-state index in [4.69, 9.17) is 9.52 Å². The van der Waals surface area contributed by atoms with Gasteiger partial charge in [-0.15, -0.1) is 0 Å². The van der Waals surface area contributed by atoms with Crippen molar-refractivity contribution >= 4 is 34.4 Å². The zero-order valence-corrected chi connectivity index (χ0v) is 13.2. The summed E-state index contributed by atoms with van der Waals surface area (Å²) in [7, 11) is 0. The zero-order valence-electron chi connectivity index (χ0n) is 13.2. The van der Waals surface area contributed by atoms with Crippen molar-refractivity contribution in [2.75, 3.05) is 18.4 Å². The molecule has 7 heteroatoms. The lowest BCUT2D eigenvalue weighted by Gasteiger charge is -2.30. The Morgan fingerprint density at radius 3 is 2.54 bits per heavy atom. The third-order valence-electron chi connectivity index (χ3n) is 4.31. The highest BCUT2D eigenvalue weighted by atomic mass is 16.4.